The molecule has 0 saturated heterocycles. The molecule has 0 atom stereocenters. The number of methoxy groups -OCH3 is 1. The molecule has 0 aliphatic carbocycles. The highest BCUT2D eigenvalue weighted by atomic mass is 35.5. The number of ether oxygens (including phenoxy) is 1. The predicted molar refractivity (Wildman–Crippen MR) is 99.6 cm³/mol. The highest BCUT2D eigenvalue weighted by Crippen LogP contribution is 2.21. The molecule has 0 spiro atoms. The third-order valence-corrected chi connectivity index (χ3v) is 4.03. The number of carbonyl (C=O) groups excluding carboxylic acids is 3. The highest BCUT2D eigenvalue weighted by molar-refractivity contribution is 6.39. The minimum atomic E-state index is -0.839. The van der Waals surface area contributed by atoms with Crippen LogP contribution in [0.5, 0.6) is 0 Å². The summed E-state index contributed by atoms with van der Waals surface area (Å²) in [6, 6.07) is 11.2. The summed E-state index contributed by atoms with van der Waals surface area (Å²) in [5.74, 6) is -2.17. The van der Waals surface area contributed by atoms with Crippen molar-refractivity contribution in [2.24, 2.45) is 0 Å². The Hall–Kier alpha value is -2.57. The maximum absolute atomic E-state index is 11.9. The quantitative estimate of drug-likeness (QED) is 0.602. The lowest BCUT2D eigenvalue weighted by atomic mass is 10.1. The summed E-state index contributed by atoms with van der Waals surface area (Å²) in [5, 5.41) is 5.95. The minimum absolute atomic E-state index is 0.232. The number of carbonyl (C=O) groups is 3. The molecule has 0 aliphatic rings. The van der Waals surface area contributed by atoms with Gasteiger partial charge in [0.05, 0.1) is 12.7 Å². The van der Waals surface area contributed by atoms with Gasteiger partial charge in [0.15, 0.2) is 0 Å². The number of anilines is 1. The van der Waals surface area contributed by atoms with Crippen LogP contribution in [0.2, 0.25) is 10.0 Å². The van der Waals surface area contributed by atoms with Gasteiger partial charge >= 0.3 is 17.8 Å². The van der Waals surface area contributed by atoms with E-state index in [0.717, 1.165) is 5.56 Å². The number of hydrogen-bond acceptors (Lipinski definition) is 4. The van der Waals surface area contributed by atoms with E-state index in [-0.39, 0.29) is 12.1 Å². The lowest BCUT2D eigenvalue weighted by molar-refractivity contribution is -0.136. The van der Waals surface area contributed by atoms with Crippen LogP contribution in [0.4, 0.5) is 5.69 Å². The van der Waals surface area contributed by atoms with Gasteiger partial charge in [-0.05, 0) is 42.3 Å². The number of nitrogens with one attached hydrogen (secondary N) is 2. The normalized spacial score (nSPS) is 10.1. The van der Waals surface area contributed by atoms with Gasteiger partial charge < -0.3 is 15.4 Å². The standard InChI is InChI=1S/C18H16Cl2N2O4/c1-26-18(25)12-3-2-4-14(9-12)22-17(24)16(23)21-8-7-11-5-6-13(19)10-15(11)20/h2-6,9-10H,7-8H2,1H3,(H,21,23)(H,22,24). The molecule has 0 bridgehead atoms. The molecule has 0 radical (unpaired) electrons. The van der Waals surface area contributed by atoms with Gasteiger partial charge in [0, 0.05) is 22.3 Å². The summed E-state index contributed by atoms with van der Waals surface area (Å²) in [5.41, 5.74) is 1.39. The number of amides is 2. The zero-order valence-corrected chi connectivity index (χ0v) is 15.4. The average molecular weight is 395 g/mol. The van der Waals surface area contributed by atoms with Crippen LogP contribution in [0.15, 0.2) is 42.5 Å². The molecule has 2 amide bonds. The summed E-state index contributed by atoms with van der Waals surface area (Å²) < 4.78 is 4.61. The Morgan fingerprint density at radius 1 is 1.04 bits per heavy atom. The van der Waals surface area contributed by atoms with Gasteiger partial charge in [-0.25, -0.2) is 4.79 Å². The van der Waals surface area contributed by atoms with Crippen molar-refractivity contribution in [3.8, 4) is 0 Å². The summed E-state index contributed by atoms with van der Waals surface area (Å²) in [6.07, 6.45) is 0.451. The fourth-order valence-electron chi connectivity index (χ4n) is 2.15. The number of benzene rings is 2. The Morgan fingerprint density at radius 2 is 1.81 bits per heavy atom. The second kappa shape index (κ2) is 9.22. The van der Waals surface area contributed by atoms with Crippen LogP contribution in [0.1, 0.15) is 15.9 Å². The molecular formula is C18H16Cl2N2O4. The average Bonchev–Trinajstić information content (AvgIpc) is 2.62. The molecule has 0 heterocycles. The Morgan fingerprint density at radius 3 is 2.50 bits per heavy atom. The summed E-state index contributed by atoms with van der Waals surface area (Å²) in [4.78, 5) is 35.3. The van der Waals surface area contributed by atoms with E-state index in [0.29, 0.717) is 22.2 Å². The van der Waals surface area contributed by atoms with Crippen molar-refractivity contribution < 1.29 is 19.1 Å². The molecular weight excluding hydrogens is 379 g/mol. The fraction of sp³-hybridized carbons (Fsp3) is 0.167. The molecule has 2 rings (SSSR count). The topological polar surface area (TPSA) is 84.5 Å². The first-order valence-corrected chi connectivity index (χ1v) is 8.38. The van der Waals surface area contributed by atoms with Crippen LogP contribution >= 0.6 is 23.2 Å². The van der Waals surface area contributed by atoms with Gasteiger partial charge in [0.25, 0.3) is 0 Å². The lowest BCUT2D eigenvalue weighted by Crippen LogP contribution is -2.36. The molecule has 8 heteroatoms. The van der Waals surface area contributed by atoms with Crippen LogP contribution in [0.25, 0.3) is 0 Å². The zero-order valence-electron chi connectivity index (χ0n) is 13.8. The van der Waals surface area contributed by atoms with Crippen molar-refractivity contribution in [2.45, 2.75) is 6.42 Å². The predicted octanol–water partition coefficient (Wildman–Crippen LogP) is 3.08. The Labute approximate surface area is 160 Å². The van der Waals surface area contributed by atoms with Gasteiger partial charge in [-0.3, -0.25) is 9.59 Å². The minimum Gasteiger partial charge on any atom is -0.465 e. The second-order valence-electron chi connectivity index (χ2n) is 5.27. The molecule has 0 saturated carbocycles. The number of hydrogen-bond donors (Lipinski definition) is 2. The van der Waals surface area contributed by atoms with Crippen LogP contribution in [0.3, 0.4) is 0 Å². The highest BCUT2D eigenvalue weighted by Gasteiger charge is 2.14. The Balaban J connectivity index is 1.88. The largest absolute Gasteiger partial charge is 0.465 e. The molecule has 136 valence electrons. The molecule has 0 unspecified atom stereocenters. The van der Waals surface area contributed by atoms with E-state index in [1.807, 2.05) is 0 Å². The monoisotopic (exact) mass is 394 g/mol. The number of esters is 1. The molecule has 2 N–H and O–H groups in total. The summed E-state index contributed by atoms with van der Waals surface area (Å²) in [7, 11) is 1.26. The zero-order chi connectivity index (χ0) is 19.1. The molecule has 6 nitrogen and oxygen atoms in total. The first-order valence-electron chi connectivity index (χ1n) is 7.62. The summed E-state index contributed by atoms with van der Waals surface area (Å²) >= 11 is 11.9. The maximum atomic E-state index is 11.9. The maximum Gasteiger partial charge on any atom is 0.337 e. The Kier molecular flexibility index (Phi) is 7.00. The number of halogens is 2. The Bertz CT molecular complexity index is 840. The van der Waals surface area contributed by atoms with Crippen molar-refractivity contribution in [3.05, 3.63) is 63.6 Å². The molecule has 2 aromatic rings. The SMILES string of the molecule is COC(=O)c1cccc(NC(=O)C(=O)NCCc2ccc(Cl)cc2Cl)c1. The van der Waals surface area contributed by atoms with Gasteiger partial charge in [0.2, 0.25) is 0 Å². The van der Waals surface area contributed by atoms with Crippen LogP contribution in [0, 0.1) is 0 Å². The van der Waals surface area contributed by atoms with Crippen molar-refractivity contribution in [2.75, 3.05) is 19.0 Å². The third kappa shape index (κ3) is 5.47. The van der Waals surface area contributed by atoms with E-state index in [4.69, 9.17) is 23.2 Å². The van der Waals surface area contributed by atoms with E-state index in [2.05, 4.69) is 15.4 Å². The first kappa shape index (κ1) is 19.8. The third-order valence-electron chi connectivity index (χ3n) is 3.44. The van der Waals surface area contributed by atoms with Crippen molar-refractivity contribution in [3.63, 3.8) is 0 Å². The van der Waals surface area contributed by atoms with Crippen LogP contribution < -0.4 is 10.6 Å². The van der Waals surface area contributed by atoms with Gasteiger partial charge in [-0.2, -0.15) is 0 Å². The second-order valence-corrected chi connectivity index (χ2v) is 6.11. The van der Waals surface area contributed by atoms with E-state index < -0.39 is 17.8 Å². The molecule has 26 heavy (non-hydrogen) atoms. The van der Waals surface area contributed by atoms with Gasteiger partial charge in [-0.1, -0.05) is 35.3 Å². The fourth-order valence-corrected chi connectivity index (χ4v) is 2.65. The molecule has 0 aliphatic heterocycles. The van der Waals surface area contributed by atoms with Crippen molar-refractivity contribution in [1.29, 1.82) is 0 Å². The van der Waals surface area contributed by atoms with E-state index in [1.54, 1.807) is 30.3 Å². The van der Waals surface area contributed by atoms with Crippen LogP contribution in [-0.2, 0) is 20.7 Å². The van der Waals surface area contributed by atoms with Crippen molar-refractivity contribution in [1.82, 2.24) is 5.32 Å². The van der Waals surface area contributed by atoms with Crippen molar-refractivity contribution >= 4 is 46.7 Å². The van der Waals surface area contributed by atoms with Crippen LogP contribution in [-0.4, -0.2) is 31.4 Å². The lowest BCUT2D eigenvalue weighted by Gasteiger charge is -2.08. The van der Waals surface area contributed by atoms with E-state index >= 15 is 0 Å². The van der Waals surface area contributed by atoms with E-state index in [9.17, 15) is 14.4 Å². The smallest absolute Gasteiger partial charge is 0.337 e. The molecule has 2 aromatic carbocycles. The first-order chi connectivity index (χ1) is 12.4. The molecule has 0 fully saturated rings. The molecule has 0 aromatic heterocycles. The van der Waals surface area contributed by atoms with E-state index in [1.165, 1.54) is 19.2 Å². The van der Waals surface area contributed by atoms with Gasteiger partial charge in [-0.15, -0.1) is 0 Å². The summed E-state index contributed by atoms with van der Waals surface area (Å²) in [6.45, 7) is 0.232. The number of rotatable bonds is 5. The van der Waals surface area contributed by atoms with Gasteiger partial charge in [0.1, 0.15) is 0 Å².